The molecule has 3 amide bonds. The van der Waals surface area contributed by atoms with Crippen LogP contribution in [0.5, 0.6) is 0 Å². The maximum Gasteiger partial charge on any atom is 0.322 e. The van der Waals surface area contributed by atoms with Crippen LogP contribution in [0.15, 0.2) is 24.3 Å². The monoisotopic (exact) mass is 276 g/mol. The van der Waals surface area contributed by atoms with Crippen molar-refractivity contribution < 1.29 is 9.59 Å². The minimum atomic E-state index is -0.132. The topological polar surface area (TPSA) is 78.7 Å². The van der Waals surface area contributed by atoms with Gasteiger partial charge in [0.1, 0.15) is 0 Å². The molecule has 1 unspecified atom stereocenters. The summed E-state index contributed by atoms with van der Waals surface area (Å²) in [5.74, 6) is 0.00219. The molecule has 1 heterocycles. The number of anilines is 2. The van der Waals surface area contributed by atoms with Gasteiger partial charge in [-0.15, -0.1) is 0 Å². The van der Waals surface area contributed by atoms with Crippen LogP contribution in [0.1, 0.15) is 13.8 Å². The number of urea groups is 1. The molecule has 1 aliphatic rings. The number of nitrogens with zero attached hydrogens (tertiary/aromatic N) is 2. The molecule has 108 valence electrons. The van der Waals surface area contributed by atoms with Crippen molar-refractivity contribution >= 4 is 23.3 Å². The highest BCUT2D eigenvalue weighted by Gasteiger charge is 2.28. The lowest BCUT2D eigenvalue weighted by Crippen LogP contribution is -2.33. The Morgan fingerprint density at radius 3 is 2.55 bits per heavy atom. The van der Waals surface area contributed by atoms with Crippen LogP contribution in [0.25, 0.3) is 0 Å². The van der Waals surface area contributed by atoms with Crippen molar-refractivity contribution in [2.24, 2.45) is 5.73 Å². The largest absolute Gasteiger partial charge is 0.332 e. The van der Waals surface area contributed by atoms with Crippen LogP contribution in [0.2, 0.25) is 0 Å². The molecule has 1 aromatic rings. The average Bonchev–Trinajstić information content (AvgIpc) is 2.81. The second-order valence-corrected chi connectivity index (χ2v) is 4.77. The van der Waals surface area contributed by atoms with Crippen LogP contribution in [0.4, 0.5) is 16.2 Å². The van der Waals surface area contributed by atoms with Gasteiger partial charge in [-0.25, -0.2) is 4.79 Å². The second-order valence-electron chi connectivity index (χ2n) is 4.77. The minimum absolute atomic E-state index is 0.00219. The molecule has 2 rings (SSSR count). The highest BCUT2D eigenvalue weighted by atomic mass is 16.2. The third kappa shape index (κ3) is 2.75. The summed E-state index contributed by atoms with van der Waals surface area (Å²) >= 11 is 0. The number of nitrogens with two attached hydrogens (primary N) is 1. The van der Waals surface area contributed by atoms with Crippen LogP contribution in [0, 0.1) is 0 Å². The summed E-state index contributed by atoms with van der Waals surface area (Å²) in [6, 6.07) is 7.25. The standard InChI is InChI=1S/C14H20N4O2/c1-3-17(10(2)19)12-4-6-13(7-5-12)18-9-11(8-15)16-14(18)20/h4-7,11H,3,8-9,15H2,1-2H3,(H,16,20). The van der Waals surface area contributed by atoms with Gasteiger partial charge in [0.2, 0.25) is 5.91 Å². The lowest BCUT2D eigenvalue weighted by atomic mass is 10.2. The Bertz CT molecular complexity index is 500. The third-order valence-electron chi connectivity index (χ3n) is 3.43. The van der Waals surface area contributed by atoms with Crippen LogP contribution < -0.4 is 20.9 Å². The molecule has 20 heavy (non-hydrogen) atoms. The van der Waals surface area contributed by atoms with Crippen molar-refractivity contribution in [1.29, 1.82) is 0 Å². The predicted octanol–water partition coefficient (Wildman–Crippen LogP) is 0.916. The number of carbonyl (C=O) groups is 2. The van der Waals surface area contributed by atoms with E-state index in [4.69, 9.17) is 5.73 Å². The number of nitrogens with one attached hydrogen (secondary N) is 1. The number of hydrogen-bond donors (Lipinski definition) is 2. The van der Waals surface area contributed by atoms with Gasteiger partial charge in [0.25, 0.3) is 0 Å². The van der Waals surface area contributed by atoms with E-state index in [1.165, 1.54) is 6.92 Å². The van der Waals surface area contributed by atoms with Gasteiger partial charge in [-0.3, -0.25) is 9.69 Å². The molecule has 0 spiro atoms. The Hall–Kier alpha value is -2.08. The second kappa shape index (κ2) is 5.92. The van der Waals surface area contributed by atoms with Crippen molar-refractivity contribution in [2.45, 2.75) is 19.9 Å². The van der Waals surface area contributed by atoms with Gasteiger partial charge in [-0.05, 0) is 31.2 Å². The van der Waals surface area contributed by atoms with Crippen molar-refractivity contribution in [3.05, 3.63) is 24.3 Å². The molecule has 0 saturated carbocycles. The number of benzene rings is 1. The zero-order chi connectivity index (χ0) is 14.7. The van der Waals surface area contributed by atoms with Gasteiger partial charge >= 0.3 is 6.03 Å². The molecule has 6 nitrogen and oxygen atoms in total. The van der Waals surface area contributed by atoms with E-state index in [0.717, 1.165) is 11.4 Å². The molecule has 1 atom stereocenters. The lowest BCUT2D eigenvalue weighted by Gasteiger charge is -2.21. The smallest absolute Gasteiger partial charge is 0.322 e. The van der Waals surface area contributed by atoms with Crippen molar-refractivity contribution in [1.82, 2.24) is 5.32 Å². The van der Waals surface area contributed by atoms with Crippen LogP contribution in [-0.4, -0.2) is 37.6 Å². The minimum Gasteiger partial charge on any atom is -0.332 e. The summed E-state index contributed by atoms with van der Waals surface area (Å²) in [5.41, 5.74) is 7.21. The number of hydrogen-bond acceptors (Lipinski definition) is 3. The Morgan fingerprint density at radius 2 is 2.10 bits per heavy atom. The summed E-state index contributed by atoms with van der Waals surface area (Å²) in [4.78, 5) is 26.6. The average molecular weight is 276 g/mol. The number of rotatable bonds is 4. The van der Waals surface area contributed by atoms with Gasteiger partial charge in [0.15, 0.2) is 0 Å². The fourth-order valence-electron chi connectivity index (χ4n) is 2.36. The summed E-state index contributed by atoms with van der Waals surface area (Å²) in [7, 11) is 0. The fourth-order valence-corrected chi connectivity index (χ4v) is 2.36. The molecule has 0 radical (unpaired) electrons. The van der Waals surface area contributed by atoms with E-state index >= 15 is 0 Å². The van der Waals surface area contributed by atoms with E-state index in [2.05, 4.69) is 5.32 Å². The molecule has 6 heteroatoms. The summed E-state index contributed by atoms with van der Waals surface area (Å²) in [5, 5.41) is 2.82. The highest BCUT2D eigenvalue weighted by molar-refractivity contribution is 5.95. The third-order valence-corrected chi connectivity index (χ3v) is 3.43. The van der Waals surface area contributed by atoms with Gasteiger partial charge < -0.3 is 16.0 Å². The zero-order valence-electron chi connectivity index (χ0n) is 11.8. The van der Waals surface area contributed by atoms with Gasteiger partial charge in [-0.2, -0.15) is 0 Å². The molecular weight excluding hydrogens is 256 g/mol. The van der Waals surface area contributed by atoms with E-state index in [1.807, 2.05) is 31.2 Å². The van der Waals surface area contributed by atoms with Crippen LogP contribution in [-0.2, 0) is 4.79 Å². The zero-order valence-corrected chi connectivity index (χ0v) is 11.8. The number of carbonyl (C=O) groups excluding carboxylic acids is 2. The first kappa shape index (κ1) is 14.3. The molecule has 1 saturated heterocycles. The first-order valence-corrected chi connectivity index (χ1v) is 6.73. The Morgan fingerprint density at radius 1 is 1.45 bits per heavy atom. The van der Waals surface area contributed by atoms with Gasteiger partial charge in [0.05, 0.1) is 6.04 Å². The summed E-state index contributed by atoms with van der Waals surface area (Å²) < 4.78 is 0. The normalized spacial score (nSPS) is 18.1. The molecular formula is C14H20N4O2. The quantitative estimate of drug-likeness (QED) is 0.858. The first-order valence-electron chi connectivity index (χ1n) is 6.73. The molecule has 0 aromatic heterocycles. The Labute approximate surface area is 118 Å². The molecule has 0 bridgehead atoms. The summed E-state index contributed by atoms with van der Waals surface area (Å²) in [6.07, 6.45) is 0. The van der Waals surface area contributed by atoms with E-state index in [9.17, 15) is 9.59 Å². The maximum absolute atomic E-state index is 11.8. The van der Waals surface area contributed by atoms with Crippen LogP contribution in [0.3, 0.4) is 0 Å². The Balaban J connectivity index is 2.16. The molecule has 0 aliphatic carbocycles. The predicted molar refractivity (Wildman–Crippen MR) is 78.9 cm³/mol. The van der Waals surface area contributed by atoms with E-state index in [-0.39, 0.29) is 18.0 Å². The number of amides is 3. The van der Waals surface area contributed by atoms with Crippen molar-refractivity contribution in [3.63, 3.8) is 0 Å². The molecule has 1 fully saturated rings. The van der Waals surface area contributed by atoms with E-state index in [1.54, 1.807) is 9.80 Å². The van der Waals surface area contributed by atoms with Crippen LogP contribution >= 0.6 is 0 Å². The van der Waals surface area contributed by atoms with Crippen molar-refractivity contribution in [2.75, 3.05) is 29.4 Å². The van der Waals surface area contributed by atoms with Gasteiger partial charge in [0, 0.05) is 37.9 Å². The maximum atomic E-state index is 11.8. The first-order chi connectivity index (χ1) is 9.56. The Kier molecular flexibility index (Phi) is 4.24. The molecule has 3 N–H and O–H groups in total. The molecule has 1 aromatic carbocycles. The summed E-state index contributed by atoms with van der Waals surface area (Å²) in [6.45, 7) is 5.08. The van der Waals surface area contributed by atoms with E-state index < -0.39 is 0 Å². The SMILES string of the molecule is CCN(C(C)=O)c1ccc(N2CC(CN)NC2=O)cc1. The highest BCUT2D eigenvalue weighted by Crippen LogP contribution is 2.23. The molecule has 1 aliphatic heterocycles. The van der Waals surface area contributed by atoms with Gasteiger partial charge in [-0.1, -0.05) is 0 Å². The lowest BCUT2D eigenvalue weighted by molar-refractivity contribution is -0.116. The van der Waals surface area contributed by atoms with Crippen molar-refractivity contribution in [3.8, 4) is 0 Å². The fraction of sp³-hybridized carbons (Fsp3) is 0.429. The van der Waals surface area contributed by atoms with E-state index in [0.29, 0.717) is 19.6 Å².